The van der Waals surface area contributed by atoms with Crippen molar-refractivity contribution in [2.24, 2.45) is 5.92 Å². The SMILES string of the molecule is COc1cc(N2CCC(N3CC(CC#N)C3)CC2)c(C)cc1Nc1ncc(Br)c(Nc2ccc3nccnc3c2P(C)(C)=O)n1. The molecule has 0 radical (unpaired) electrons. The second-order valence-electron chi connectivity index (χ2n) is 12.1. The number of nitriles is 1. The van der Waals surface area contributed by atoms with Crippen LogP contribution >= 0.6 is 23.1 Å². The minimum atomic E-state index is -2.74. The maximum atomic E-state index is 13.4. The molecule has 6 rings (SSSR count). The van der Waals surface area contributed by atoms with Crippen molar-refractivity contribution < 1.29 is 9.30 Å². The van der Waals surface area contributed by atoms with Crippen LogP contribution in [0.3, 0.4) is 0 Å². The maximum absolute atomic E-state index is 13.4. The number of benzene rings is 2. The molecule has 0 amide bonds. The molecule has 13 heteroatoms. The lowest BCUT2D eigenvalue weighted by atomic mass is 9.91. The van der Waals surface area contributed by atoms with Crippen molar-refractivity contribution in [1.82, 2.24) is 24.8 Å². The molecule has 11 nitrogen and oxygen atoms in total. The minimum Gasteiger partial charge on any atom is -0.494 e. The first-order valence-corrected chi connectivity index (χ1v) is 18.4. The lowest BCUT2D eigenvalue weighted by Gasteiger charge is -2.47. The van der Waals surface area contributed by atoms with Gasteiger partial charge in [0.2, 0.25) is 5.95 Å². The van der Waals surface area contributed by atoms with E-state index in [1.807, 2.05) is 12.1 Å². The van der Waals surface area contributed by atoms with Gasteiger partial charge in [-0.15, -0.1) is 0 Å². The molecule has 2 aliphatic heterocycles. The average molecular weight is 691 g/mol. The predicted octanol–water partition coefficient (Wildman–Crippen LogP) is 6.05. The summed E-state index contributed by atoms with van der Waals surface area (Å²) in [6, 6.07) is 10.8. The molecule has 4 aromatic rings. The van der Waals surface area contributed by atoms with Gasteiger partial charge in [0.25, 0.3) is 0 Å². The number of aromatic nitrogens is 4. The summed E-state index contributed by atoms with van der Waals surface area (Å²) in [6.45, 7) is 9.63. The van der Waals surface area contributed by atoms with Gasteiger partial charge in [0, 0.05) is 69.0 Å². The van der Waals surface area contributed by atoms with Crippen molar-refractivity contribution in [3.8, 4) is 11.8 Å². The summed E-state index contributed by atoms with van der Waals surface area (Å²) in [7, 11) is -1.07. The topological polar surface area (TPSA) is 132 Å². The fourth-order valence-electron chi connectivity index (χ4n) is 6.35. The van der Waals surface area contributed by atoms with E-state index >= 15 is 0 Å². The number of fused-ring (bicyclic) bond motifs is 1. The van der Waals surface area contributed by atoms with Crippen molar-refractivity contribution in [2.45, 2.75) is 32.2 Å². The number of methoxy groups -OCH3 is 1. The van der Waals surface area contributed by atoms with Crippen LogP contribution in [0.25, 0.3) is 11.0 Å². The summed E-state index contributed by atoms with van der Waals surface area (Å²) in [5.74, 6) is 2.14. The summed E-state index contributed by atoms with van der Waals surface area (Å²) < 4.78 is 19.9. The van der Waals surface area contributed by atoms with E-state index < -0.39 is 7.14 Å². The third-order valence-corrected chi connectivity index (χ3v) is 10.7. The molecule has 0 bridgehead atoms. The van der Waals surface area contributed by atoms with Crippen LogP contribution in [-0.2, 0) is 4.57 Å². The third kappa shape index (κ3) is 6.62. The molecule has 2 aromatic carbocycles. The quantitative estimate of drug-likeness (QED) is 0.199. The van der Waals surface area contributed by atoms with Gasteiger partial charge >= 0.3 is 0 Å². The number of piperidine rings is 1. The van der Waals surface area contributed by atoms with Crippen LogP contribution < -0.4 is 25.6 Å². The Bertz CT molecular complexity index is 1810. The first-order valence-electron chi connectivity index (χ1n) is 15.0. The molecule has 0 atom stereocenters. The monoisotopic (exact) mass is 689 g/mol. The van der Waals surface area contributed by atoms with Crippen LogP contribution in [0.15, 0.2) is 47.3 Å². The molecule has 2 fully saturated rings. The zero-order chi connectivity index (χ0) is 31.7. The smallest absolute Gasteiger partial charge is 0.229 e. The minimum absolute atomic E-state index is 0.384. The van der Waals surface area contributed by atoms with Crippen LogP contribution in [0, 0.1) is 24.2 Å². The Morgan fingerprint density at radius 2 is 1.84 bits per heavy atom. The third-order valence-electron chi connectivity index (χ3n) is 8.60. The zero-order valence-electron chi connectivity index (χ0n) is 25.9. The highest BCUT2D eigenvalue weighted by Gasteiger charge is 2.34. The van der Waals surface area contributed by atoms with Gasteiger partial charge in [0.05, 0.1) is 39.8 Å². The molecule has 4 heterocycles. The van der Waals surface area contributed by atoms with Crippen molar-refractivity contribution in [3.05, 3.63) is 52.9 Å². The van der Waals surface area contributed by atoms with E-state index in [1.165, 1.54) is 0 Å². The first kappa shape index (κ1) is 31.2. The number of anilines is 5. The molecule has 2 aliphatic rings. The predicted molar refractivity (Wildman–Crippen MR) is 183 cm³/mol. The number of rotatable bonds is 9. The average Bonchev–Trinajstić information content (AvgIpc) is 3.00. The number of aryl methyl sites for hydroxylation is 1. The molecule has 0 unspecified atom stereocenters. The molecule has 0 spiro atoms. The summed E-state index contributed by atoms with van der Waals surface area (Å²) >= 11 is 3.56. The summed E-state index contributed by atoms with van der Waals surface area (Å²) in [5.41, 5.74) is 5.00. The van der Waals surface area contributed by atoms with E-state index in [-0.39, 0.29) is 0 Å². The molecular weight excluding hydrogens is 653 g/mol. The molecule has 234 valence electrons. The fourth-order valence-corrected chi connectivity index (χ4v) is 8.04. The zero-order valence-corrected chi connectivity index (χ0v) is 28.4. The first-order chi connectivity index (χ1) is 21.6. The van der Waals surface area contributed by atoms with Gasteiger partial charge in [-0.3, -0.25) is 14.9 Å². The number of hydrogen-bond donors (Lipinski definition) is 2. The number of hydrogen-bond acceptors (Lipinski definition) is 11. The summed E-state index contributed by atoms with van der Waals surface area (Å²) in [4.78, 5) is 23.1. The van der Waals surface area contributed by atoms with E-state index in [0.29, 0.717) is 62.4 Å². The Morgan fingerprint density at radius 3 is 2.56 bits per heavy atom. The van der Waals surface area contributed by atoms with E-state index in [1.54, 1.807) is 39.0 Å². The van der Waals surface area contributed by atoms with Gasteiger partial charge in [0.15, 0.2) is 0 Å². The van der Waals surface area contributed by atoms with Crippen LogP contribution in [0.5, 0.6) is 5.75 Å². The highest BCUT2D eigenvalue weighted by atomic mass is 79.9. The molecule has 0 aliphatic carbocycles. The number of halogens is 1. The van der Waals surface area contributed by atoms with E-state index in [9.17, 15) is 4.57 Å². The Hall–Kier alpha value is -3.78. The lowest BCUT2D eigenvalue weighted by molar-refractivity contribution is 0.0435. The van der Waals surface area contributed by atoms with Gasteiger partial charge in [-0.25, -0.2) is 4.98 Å². The molecule has 2 aromatic heterocycles. The maximum Gasteiger partial charge on any atom is 0.229 e. The number of nitrogens with one attached hydrogen (secondary N) is 2. The fraction of sp³-hybridized carbons (Fsp3) is 0.406. The van der Waals surface area contributed by atoms with E-state index in [2.05, 4.69) is 76.4 Å². The van der Waals surface area contributed by atoms with E-state index in [4.69, 9.17) is 15.0 Å². The van der Waals surface area contributed by atoms with Crippen molar-refractivity contribution in [3.63, 3.8) is 0 Å². The lowest BCUT2D eigenvalue weighted by Crippen LogP contribution is -2.55. The van der Waals surface area contributed by atoms with Crippen molar-refractivity contribution >= 4 is 68.2 Å². The van der Waals surface area contributed by atoms with Crippen molar-refractivity contribution in [2.75, 3.05) is 62.2 Å². The van der Waals surface area contributed by atoms with Gasteiger partial charge in [-0.1, -0.05) is 0 Å². The highest BCUT2D eigenvalue weighted by molar-refractivity contribution is 9.10. The standard InChI is InChI=1S/C32H37BrN9O2P/c1-20-15-26(28(44-2)16-27(20)41-13-8-22(9-14-41)42-18-21(19-42)7-10-34)39-32-37-17-23(33)31(40-32)38-25-6-5-24-29(36-12-11-35-24)30(25)45(3,4)43/h5-6,11-12,15-17,21-22H,7-9,13-14,18-19H2,1-4H3,(H2,37,38,39,40). The van der Waals surface area contributed by atoms with Gasteiger partial charge in [0.1, 0.15) is 24.2 Å². The second kappa shape index (κ2) is 12.9. The highest BCUT2D eigenvalue weighted by Crippen LogP contribution is 2.42. The molecule has 2 saturated heterocycles. The van der Waals surface area contributed by atoms with Crippen LogP contribution in [0.2, 0.25) is 0 Å². The Labute approximate surface area is 271 Å². The Kier molecular flexibility index (Phi) is 8.96. The normalized spacial score (nSPS) is 16.3. The molecular formula is C32H37BrN9O2P. The van der Waals surface area contributed by atoms with Crippen molar-refractivity contribution in [1.29, 1.82) is 5.26 Å². The number of likely N-dealkylation sites (tertiary alicyclic amines) is 1. The van der Waals surface area contributed by atoms with Crippen LogP contribution in [0.4, 0.5) is 28.8 Å². The Balaban J connectivity index is 1.19. The molecule has 0 saturated carbocycles. The summed E-state index contributed by atoms with van der Waals surface area (Å²) in [5, 5.41) is 16.3. The number of nitrogens with zero attached hydrogens (tertiary/aromatic N) is 7. The molecule has 2 N–H and O–H groups in total. The van der Waals surface area contributed by atoms with Gasteiger partial charge < -0.3 is 24.8 Å². The Morgan fingerprint density at radius 1 is 1.09 bits per heavy atom. The molecule has 45 heavy (non-hydrogen) atoms. The van der Waals surface area contributed by atoms with Gasteiger partial charge in [-0.2, -0.15) is 10.2 Å². The number of ether oxygens (including phenoxy) is 1. The van der Waals surface area contributed by atoms with Crippen LogP contribution in [-0.4, -0.2) is 77.5 Å². The summed E-state index contributed by atoms with van der Waals surface area (Å²) in [6.07, 6.45) is 7.80. The van der Waals surface area contributed by atoms with Gasteiger partial charge in [-0.05, 0) is 78.7 Å². The van der Waals surface area contributed by atoms with E-state index in [0.717, 1.165) is 56.0 Å². The largest absolute Gasteiger partial charge is 0.494 e. The second-order valence-corrected chi connectivity index (χ2v) is 16.1. The van der Waals surface area contributed by atoms with Crippen LogP contribution in [0.1, 0.15) is 24.8 Å².